The Bertz CT molecular complexity index is 582. The van der Waals surface area contributed by atoms with E-state index < -0.39 is 0 Å². The lowest BCUT2D eigenvalue weighted by Crippen LogP contribution is -1.98. The smallest absolute Gasteiger partial charge is 0.161 e. The zero-order chi connectivity index (χ0) is 13.8. The van der Waals surface area contributed by atoms with Crippen molar-refractivity contribution in [1.29, 1.82) is 0 Å². The van der Waals surface area contributed by atoms with Gasteiger partial charge in [-0.25, -0.2) is 0 Å². The van der Waals surface area contributed by atoms with E-state index in [0.717, 1.165) is 11.1 Å². The van der Waals surface area contributed by atoms with Crippen molar-refractivity contribution in [2.45, 2.75) is 13.5 Å². The van der Waals surface area contributed by atoms with Gasteiger partial charge < -0.3 is 9.47 Å². The van der Waals surface area contributed by atoms with Crippen LogP contribution in [-0.4, -0.2) is 7.11 Å². The molecule has 2 aromatic carbocycles. The maximum atomic E-state index is 6.10. The summed E-state index contributed by atoms with van der Waals surface area (Å²) < 4.78 is 11.0. The van der Waals surface area contributed by atoms with Gasteiger partial charge in [-0.2, -0.15) is 0 Å². The highest BCUT2D eigenvalue weighted by Crippen LogP contribution is 2.29. The first-order valence-corrected chi connectivity index (χ1v) is 6.57. The Balaban J connectivity index is 2.14. The quantitative estimate of drug-likeness (QED) is 0.800. The van der Waals surface area contributed by atoms with Crippen LogP contribution in [0.25, 0.3) is 0 Å². The molecule has 0 radical (unpaired) electrons. The van der Waals surface area contributed by atoms with Crippen molar-refractivity contribution >= 4 is 23.2 Å². The van der Waals surface area contributed by atoms with Gasteiger partial charge in [-0.15, -0.1) is 0 Å². The lowest BCUT2D eigenvalue weighted by Gasteiger charge is -2.12. The number of hydrogen-bond acceptors (Lipinski definition) is 2. The summed E-state index contributed by atoms with van der Waals surface area (Å²) in [6.45, 7) is 2.37. The number of hydrogen-bond donors (Lipinski definition) is 0. The van der Waals surface area contributed by atoms with E-state index in [0.29, 0.717) is 28.2 Å². The summed E-state index contributed by atoms with van der Waals surface area (Å²) in [5, 5.41) is 1.21. The Kier molecular flexibility index (Phi) is 4.56. The van der Waals surface area contributed by atoms with E-state index >= 15 is 0 Å². The van der Waals surface area contributed by atoms with Crippen LogP contribution in [-0.2, 0) is 6.61 Å². The summed E-state index contributed by atoms with van der Waals surface area (Å²) in [5.41, 5.74) is 2.00. The number of benzene rings is 2. The Morgan fingerprint density at radius 3 is 2.47 bits per heavy atom. The second kappa shape index (κ2) is 6.18. The molecule has 0 saturated heterocycles. The summed E-state index contributed by atoms with van der Waals surface area (Å²) in [7, 11) is 1.62. The molecule has 4 heteroatoms. The molecular formula is C15H14Cl2O2. The van der Waals surface area contributed by atoms with Crippen molar-refractivity contribution in [3.63, 3.8) is 0 Å². The highest BCUT2D eigenvalue weighted by Gasteiger charge is 2.07. The number of methoxy groups -OCH3 is 1. The first kappa shape index (κ1) is 14.0. The van der Waals surface area contributed by atoms with Crippen LogP contribution < -0.4 is 9.47 Å². The molecule has 2 aromatic rings. The summed E-state index contributed by atoms with van der Waals surface area (Å²) in [6.07, 6.45) is 0. The minimum absolute atomic E-state index is 0.370. The average molecular weight is 297 g/mol. The second-order valence-corrected chi connectivity index (χ2v) is 5.02. The molecule has 2 rings (SSSR count). The molecule has 0 amide bonds. The molecule has 0 bridgehead atoms. The highest BCUT2D eigenvalue weighted by molar-refractivity contribution is 6.35. The van der Waals surface area contributed by atoms with Gasteiger partial charge in [-0.1, -0.05) is 35.3 Å². The average Bonchev–Trinajstić information content (AvgIpc) is 2.39. The molecular weight excluding hydrogens is 283 g/mol. The molecule has 19 heavy (non-hydrogen) atoms. The molecule has 0 fully saturated rings. The summed E-state index contributed by atoms with van der Waals surface area (Å²) in [5.74, 6) is 1.41. The first-order chi connectivity index (χ1) is 9.10. The topological polar surface area (TPSA) is 18.5 Å². The van der Waals surface area contributed by atoms with E-state index in [-0.39, 0.29) is 0 Å². The van der Waals surface area contributed by atoms with Crippen LogP contribution in [0.15, 0.2) is 36.4 Å². The second-order valence-electron chi connectivity index (χ2n) is 4.18. The lowest BCUT2D eigenvalue weighted by atomic mass is 10.2. The van der Waals surface area contributed by atoms with Crippen molar-refractivity contribution in [3.05, 3.63) is 57.6 Å². The van der Waals surface area contributed by atoms with Crippen LogP contribution in [0.1, 0.15) is 11.1 Å². The Morgan fingerprint density at radius 2 is 1.79 bits per heavy atom. The molecule has 0 aromatic heterocycles. The third kappa shape index (κ3) is 3.55. The number of ether oxygens (including phenoxy) is 2. The third-order valence-electron chi connectivity index (χ3n) is 2.72. The molecule has 0 heterocycles. The summed E-state index contributed by atoms with van der Waals surface area (Å²) in [4.78, 5) is 0. The van der Waals surface area contributed by atoms with Crippen molar-refractivity contribution in [1.82, 2.24) is 0 Å². The molecule has 2 nitrogen and oxygen atoms in total. The van der Waals surface area contributed by atoms with Crippen molar-refractivity contribution in [2.75, 3.05) is 7.11 Å². The number of rotatable bonds is 4. The van der Waals surface area contributed by atoms with Gasteiger partial charge >= 0.3 is 0 Å². The van der Waals surface area contributed by atoms with E-state index in [4.69, 9.17) is 32.7 Å². The van der Waals surface area contributed by atoms with Gasteiger partial charge in [0.25, 0.3) is 0 Å². The molecule has 0 atom stereocenters. The molecule has 0 unspecified atom stereocenters. The van der Waals surface area contributed by atoms with Crippen LogP contribution in [0.4, 0.5) is 0 Å². The maximum absolute atomic E-state index is 6.10. The maximum Gasteiger partial charge on any atom is 0.161 e. The van der Waals surface area contributed by atoms with Crippen molar-refractivity contribution in [2.24, 2.45) is 0 Å². The van der Waals surface area contributed by atoms with Crippen LogP contribution in [0.3, 0.4) is 0 Å². The molecule has 0 saturated carbocycles. The Labute approximate surface area is 122 Å². The van der Waals surface area contributed by atoms with Crippen molar-refractivity contribution < 1.29 is 9.47 Å². The largest absolute Gasteiger partial charge is 0.493 e. The predicted molar refractivity (Wildman–Crippen MR) is 78.5 cm³/mol. The lowest BCUT2D eigenvalue weighted by molar-refractivity contribution is 0.284. The van der Waals surface area contributed by atoms with Crippen LogP contribution in [0.5, 0.6) is 11.5 Å². The molecule has 0 aliphatic carbocycles. The first-order valence-electron chi connectivity index (χ1n) is 5.81. The SMILES string of the molecule is COc1cc(C)ccc1OCc1ccc(Cl)cc1Cl. The van der Waals surface area contributed by atoms with Gasteiger partial charge in [0.05, 0.1) is 7.11 Å². The van der Waals surface area contributed by atoms with E-state index in [1.807, 2.05) is 31.2 Å². The van der Waals surface area contributed by atoms with Gasteiger partial charge in [-0.05, 0) is 36.8 Å². The van der Waals surface area contributed by atoms with Gasteiger partial charge in [0.1, 0.15) is 6.61 Å². The fourth-order valence-electron chi connectivity index (χ4n) is 1.69. The van der Waals surface area contributed by atoms with Gasteiger partial charge in [0.2, 0.25) is 0 Å². The predicted octanol–water partition coefficient (Wildman–Crippen LogP) is 4.89. The molecule has 0 aliphatic rings. The molecule has 100 valence electrons. The van der Waals surface area contributed by atoms with Crippen LogP contribution >= 0.6 is 23.2 Å². The fraction of sp³-hybridized carbons (Fsp3) is 0.200. The standard InChI is InChI=1S/C15H14Cl2O2/c1-10-3-6-14(15(7-10)18-2)19-9-11-4-5-12(16)8-13(11)17/h3-8H,9H2,1-2H3. The Morgan fingerprint density at radius 1 is 1.00 bits per heavy atom. The molecule has 0 N–H and O–H groups in total. The van der Waals surface area contributed by atoms with Crippen LogP contribution in [0.2, 0.25) is 10.0 Å². The van der Waals surface area contributed by atoms with Gasteiger partial charge in [0, 0.05) is 15.6 Å². The van der Waals surface area contributed by atoms with Crippen LogP contribution in [0, 0.1) is 6.92 Å². The summed E-state index contributed by atoms with van der Waals surface area (Å²) in [6, 6.07) is 11.1. The zero-order valence-electron chi connectivity index (χ0n) is 10.7. The van der Waals surface area contributed by atoms with Crippen molar-refractivity contribution in [3.8, 4) is 11.5 Å². The molecule has 0 spiro atoms. The minimum Gasteiger partial charge on any atom is -0.493 e. The van der Waals surface area contributed by atoms with E-state index in [9.17, 15) is 0 Å². The molecule has 0 aliphatic heterocycles. The minimum atomic E-state index is 0.370. The normalized spacial score (nSPS) is 10.3. The number of halogens is 2. The summed E-state index contributed by atoms with van der Waals surface area (Å²) >= 11 is 12.0. The highest BCUT2D eigenvalue weighted by atomic mass is 35.5. The Hall–Kier alpha value is -1.38. The van der Waals surface area contributed by atoms with E-state index in [1.165, 1.54) is 0 Å². The number of aryl methyl sites for hydroxylation is 1. The third-order valence-corrected chi connectivity index (χ3v) is 3.30. The zero-order valence-corrected chi connectivity index (χ0v) is 12.3. The van der Waals surface area contributed by atoms with Gasteiger partial charge in [-0.3, -0.25) is 0 Å². The fourth-order valence-corrected chi connectivity index (χ4v) is 2.15. The van der Waals surface area contributed by atoms with E-state index in [2.05, 4.69) is 0 Å². The van der Waals surface area contributed by atoms with Gasteiger partial charge in [0.15, 0.2) is 11.5 Å². The van der Waals surface area contributed by atoms with E-state index in [1.54, 1.807) is 19.2 Å². The monoisotopic (exact) mass is 296 g/mol.